The topological polar surface area (TPSA) is 24.4 Å². The largest absolute Gasteiger partial charge is 0.335 e. The maximum absolute atomic E-state index is 4.95. The van der Waals surface area contributed by atoms with Gasteiger partial charge >= 0.3 is 0 Å². The minimum absolute atomic E-state index is 0.726. The van der Waals surface area contributed by atoms with E-state index in [9.17, 15) is 0 Å². The highest BCUT2D eigenvalue weighted by Gasteiger charge is 2.00. The maximum atomic E-state index is 4.95. The molecule has 13 heavy (non-hydrogen) atoms. The smallest absolute Gasteiger partial charge is 0.132 e. The number of amidine groups is 1. The number of thiocarbonyl (C=S) groups is 1. The van der Waals surface area contributed by atoms with Gasteiger partial charge in [0.1, 0.15) is 5.84 Å². The number of nitrogens with one attached hydrogen (secondary N) is 1. The Hall–Kier alpha value is -1.22. The van der Waals surface area contributed by atoms with Gasteiger partial charge in [0.2, 0.25) is 0 Å². The predicted molar refractivity (Wildman–Crippen MR) is 60.3 cm³/mol. The molecular weight excluding hydrogens is 180 g/mol. The van der Waals surface area contributed by atoms with E-state index in [1.165, 1.54) is 0 Å². The van der Waals surface area contributed by atoms with Crippen molar-refractivity contribution >= 4 is 23.0 Å². The van der Waals surface area contributed by atoms with Crippen molar-refractivity contribution < 1.29 is 0 Å². The third kappa shape index (κ3) is 2.95. The third-order valence-electron chi connectivity index (χ3n) is 1.57. The summed E-state index contributed by atoms with van der Waals surface area (Å²) in [5.41, 5.74) is 1.05. The van der Waals surface area contributed by atoms with Crippen LogP contribution in [0, 0.1) is 0 Å². The molecule has 0 amide bonds. The molecule has 2 nitrogen and oxygen atoms in total. The lowest BCUT2D eigenvalue weighted by Gasteiger charge is -2.06. The summed E-state index contributed by atoms with van der Waals surface area (Å²) in [4.78, 5) is 4.84. The average molecular weight is 192 g/mol. The first-order valence-electron chi connectivity index (χ1n) is 4.04. The quantitative estimate of drug-likeness (QED) is 0.418. The Morgan fingerprint density at radius 2 is 1.92 bits per heavy atom. The Morgan fingerprint density at radius 1 is 1.31 bits per heavy atom. The highest BCUT2D eigenvalue weighted by atomic mass is 32.1. The van der Waals surface area contributed by atoms with Gasteiger partial charge in [0, 0.05) is 12.6 Å². The van der Waals surface area contributed by atoms with Gasteiger partial charge in [0.25, 0.3) is 0 Å². The van der Waals surface area contributed by atoms with Crippen molar-refractivity contribution in [3.8, 4) is 0 Å². The number of hydrogen-bond donors (Lipinski definition) is 1. The van der Waals surface area contributed by atoms with Crippen molar-refractivity contribution in [1.29, 1.82) is 0 Å². The van der Waals surface area contributed by atoms with E-state index >= 15 is 0 Å². The molecular formula is C10H12N2S. The summed E-state index contributed by atoms with van der Waals surface area (Å²) in [6.07, 6.45) is 0. The molecule has 0 spiro atoms. The first-order valence-corrected chi connectivity index (χ1v) is 4.44. The van der Waals surface area contributed by atoms with E-state index < -0.39 is 0 Å². The zero-order chi connectivity index (χ0) is 9.68. The van der Waals surface area contributed by atoms with Crippen molar-refractivity contribution in [2.45, 2.75) is 6.92 Å². The molecule has 0 fully saturated rings. The molecule has 0 aliphatic rings. The molecule has 0 aliphatic heterocycles. The van der Waals surface area contributed by atoms with Crippen molar-refractivity contribution in [2.75, 3.05) is 7.05 Å². The van der Waals surface area contributed by atoms with Crippen LogP contribution in [0.25, 0.3) is 0 Å². The highest BCUT2D eigenvalue weighted by Crippen LogP contribution is 1.98. The summed E-state index contributed by atoms with van der Waals surface area (Å²) in [7, 11) is 1.74. The minimum Gasteiger partial charge on any atom is -0.335 e. The van der Waals surface area contributed by atoms with E-state index in [0.29, 0.717) is 0 Å². The molecule has 0 unspecified atom stereocenters. The summed E-state index contributed by atoms with van der Waals surface area (Å²) < 4.78 is 0. The molecule has 0 bridgehead atoms. The van der Waals surface area contributed by atoms with Gasteiger partial charge in [0.05, 0.1) is 4.99 Å². The Bertz CT molecular complexity index is 317. The molecule has 0 aliphatic carbocycles. The van der Waals surface area contributed by atoms with Crippen molar-refractivity contribution in [2.24, 2.45) is 4.99 Å². The van der Waals surface area contributed by atoms with Crippen LogP contribution < -0.4 is 5.32 Å². The molecule has 0 heterocycles. The summed E-state index contributed by atoms with van der Waals surface area (Å²) in [5, 5.41) is 3.03. The fraction of sp³-hybridized carbons (Fsp3) is 0.200. The summed E-state index contributed by atoms with van der Waals surface area (Å²) in [5.74, 6) is 0.813. The van der Waals surface area contributed by atoms with Gasteiger partial charge in [-0.1, -0.05) is 42.5 Å². The maximum Gasteiger partial charge on any atom is 0.132 e. The van der Waals surface area contributed by atoms with Gasteiger partial charge in [0.15, 0.2) is 0 Å². The van der Waals surface area contributed by atoms with E-state index in [0.717, 1.165) is 16.4 Å². The molecule has 0 saturated heterocycles. The zero-order valence-corrected chi connectivity index (χ0v) is 8.56. The molecule has 0 saturated carbocycles. The molecule has 0 radical (unpaired) electrons. The highest BCUT2D eigenvalue weighted by molar-refractivity contribution is 7.80. The Balaban J connectivity index is 2.86. The van der Waals surface area contributed by atoms with Crippen LogP contribution in [0.4, 0.5) is 0 Å². The average Bonchev–Trinajstić information content (AvgIpc) is 2.15. The predicted octanol–water partition coefficient (Wildman–Crippen LogP) is 2.00. The molecule has 68 valence electrons. The Labute approximate surface area is 83.7 Å². The number of benzene rings is 1. The normalized spacial score (nSPS) is 11.1. The van der Waals surface area contributed by atoms with E-state index in [1.54, 1.807) is 7.05 Å². The SMILES string of the molecule is CN=C(NC(C)=S)c1ccccc1. The first kappa shape index (κ1) is 9.86. The van der Waals surface area contributed by atoms with E-state index in [1.807, 2.05) is 37.3 Å². The number of rotatable bonds is 1. The van der Waals surface area contributed by atoms with Crippen LogP contribution in [0.2, 0.25) is 0 Å². The van der Waals surface area contributed by atoms with Gasteiger partial charge in [-0.25, -0.2) is 0 Å². The molecule has 0 aromatic heterocycles. The van der Waals surface area contributed by atoms with Crippen molar-refractivity contribution in [3.63, 3.8) is 0 Å². The fourth-order valence-electron chi connectivity index (χ4n) is 1.02. The van der Waals surface area contributed by atoms with Gasteiger partial charge in [-0.15, -0.1) is 0 Å². The summed E-state index contributed by atoms with van der Waals surface area (Å²) in [6, 6.07) is 9.91. The van der Waals surface area contributed by atoms with Crippen LogP contribution in [0.15, 0.2) is 35.3 Å². The fourth-order valence-corrected chi connectivity index (χ4v) is 1.12. The molecule has 1 rings (SSSR count). The van der Waals surface area contributed by atoms with Gasteiger partial charge < -0.3 is 5.32 Å². The van der Waals surface area contributed by atoms with Crippen LogP contribution in [-0.2, 0) is 0 Å². The van der Waals surface area contributed by atoms with E-state index in [-0.39, 0.29) is 0 Å². The van der Waals surface area contributed by atoms with Crippen LogP contribution in [0.3, 0.4) is 0 Å². The van der Waals surface area contributed by atoms with Gasteiger partial charge in [-0.2, -0.15) is 0 Å². The second-order valence-corrected chi connectivity index (χ2v) is 3.23. The van der Waals surface area contributed by atoms with Crippen LogP contribution in [0.1, 0.15) is 12.5 Å². The van der Waals surface area contributed by atoms with Gasteiger partial charge in [-0.05, 0) is 6.92 Å². The van der Waals surface area contributed by atoms with E-state index in [4.69, 9.17) is 12.2 Å². The van der Waals surface area contributed by atoms with Gasteiger partial charge in [-0.3, -0.25) is 4.99 Å². The lowest BCUT2D eigenvalue weighted by atomic mass is 10.2. The molecule has 3 heteroatoms. The Morgan fingerprint density at radius 3 is 2.38 bits per heavy atom. The third-order valence-corrected chi connectivity index (χ3v) is 1.67. The molecule has 1 N–H and O–H groups in total. The van der Waals surface area contributed by atoms with Crippen LogP contribution >= 0.6 is 12.2 Å². The first-order chi connectivity index (χ1) is 6.24. The minimum atomic E-state index is 0.726. The molecule has 1 aromatic carbocycles. The number of nitrogens with zero attached hydrogens (tertiary/aromatic N) is 1. The van der Waals surface area contributed by atoms with Crippen molar-refractivity contribution in [3.05, 3.63) is 35.9 Å². The lowest BCUT2D eigenvalue weighted by Crippen LogP contribution is -2.27. The monoisotopic (exact) mass is 192 g/mol. The molecule has 0 atom stereocenters. The summed E-state index contributed by atoms with van der Waals surface area (Å²) >= 11 is 4.95. The lowest BCUT2D eigenvalue weighted by molar-refractivity contribution is 1.29. The summed E-state index contributed by atoms with van der Waals surface area (Å²) in [6.45, 7) is 1.84. The zero-order valence-electron chi connectivity index (χ0n) is 7.74. The van der Waals surface area contributed by atoms with Crippen LogP contribution in [-0.4, -0.2) is 17.9 Å². The standard InChI is InChI=1S/C10H12N2S/c1-8(13)12-10(11-2)9-6-4-3-5-7-9/h3-7H,1-2H3,(H,11,12,13). The molecule has 1 aromatic rings. The Kier molecular flexibility index (Phi) is 3.58. The van der Waals surface area contributed by atoms with E-state index in [2.05, 4.69) is 10.3 Å². The second kappa shape index (κ2) is 4.72. The number of hydrogen-bond acceptors (Lipinski definition) is 2. The second-order valence-electron chi connectivity index (χ2n) is 2.62. The van der Waals surface area contributed by atoms with Crippen LogP contribution in [0.5, 0.6) is 0 Å². The van der Waals surface area contributed by atoms with Crippen molar-refractivity contribution in [1.82, 2.24) is 5.32 Å². The number of aliphatic imine (C=N–C) groups is 1.